The zero-order valence-electron chi connectivity index (χ0n) is 22.1. The highest BCUT2D eigenvalue weighted by Gasteiger charge is 2.42. The molecule has 0 radical (unpaired) electrons. The summed E-state index contributed by atoms with van der Waals surface area (Å²) in [6.45, 7) is 6.76. The minimum atomic E-state index is -1.22. The maximum absolute atomic E-state index is 10.2. The van der Waals surface area contributed by atoms with Crippen LogP contribution in [0.5, 0.6) is 0 Å². The summed E-state index contributed by atoms with van der Waals surface area (Å²) >= 11 is 0. The molecule has 1 unspecified atom stereocenters. The molecule has 3 N–H and O–H groups in total. The van der Waals surface area contributed by atoms with Gasteiger partial charge in [0.15, 0.2) is 6.29 Å². The number of hydrogen-bond acceptors (Lipinski definition) is 5. The van der Waals surface area contributed by atoms with Crippen molar-refractivity contribution >= 4 is 0 Å². The molecule has 0 aromatic rings. The maximum atomic E-state index is 10.2. The number of aliphatic hydroxyl groups is 3. The Morgan fingerprint density at radius 3 is 1.48 bits per heavy atom. The molecule has 1 rings (SSSR count). The highest BCUT2D eigenvalue weighted by Crippen LogP contribution is 2.25. The van der Waals surface area contributed by atoms with E-state index in [4.69, 9.17) is 9.47 Å². The van der Waals surface area contributed by atoms with E-state index in [0.717, 1.165) is 12.8 Å². The molecule has 0 aliphatic carbocycles. The van der Waals surface area contributed by atoms with E-state index in [1.54, 1.807) is 6.92 Å². The molecule has 6 atom stereocenters. The molecule has 5 nitrogen and oxygen atoms in total. The van der Waals surface area contributed by atoms with Gasteiger partial charge in [-0.15, -0.1) is 0 Å². The first kappa shape index (κ1) is 30.8. The van der Waals surface area contributed by atoms with Crippen LogP contribution >= 0.6 is 0 Å². The van der Waals surface area contributed by atoms with Gasteiger partial charge in [0, 0.05) is 0 Å². The molecule has 0 saturated carbocycles. The van der Waals surface area contributed by atoms with Crippen LogP contribution in [-0.2, 0) is 9.47 Å². The van der Waals surface area contributed by atoms with Gasteiger partial charge >= 0.3 is 0 Å². The Hall–Kier alpha value is -0.200. The summed E-state index contributed by atoms with van der Waals surface area (Å²) < 4.78 is 11.6. The fourth-order valence-electron chi connectivity index (χ4n) is 4.83. The molecule has 1 aliphatic heterocycles. The molecule has 198 valence electrons. The van der Waals surface area contributed by atoms with Crippen molar-refractivity contribution in [3.63, 3.8) is 0 Å². The molecular weight excluding hydrogens is 416 g/mol. The monoisotopic (exact) mass is 472 g/mol. The SMILES string of the molecule is CCCCCCCCCCCCC(CCCCCCCC)CO[C@H]1O[C@H](C)[C@@H](O)[C@H](O)[C@@H]1O. The van der Waals surface area contributed by atoms with E-state index in [1.165, 1.54) is 103 Å². The molecule has 1 saturated heterocycles. The number of rotatable bonds is 21. The summed E-state index contributed by atoms with van der Waals surface area (Å²) in [5.74, 6) is 0.459. The van der Waals surface area contributed by atoms with Crippen molar-refractivity contribution in [1.29, 1.82) is 0 Å². The van der Waals surface area contributed by atoms with Crippen molar-refractivity contribution in [1.82, 2.24) is 0 Å². The molecule has 33 heavy (non-hydrogen) atoms. The molecule has 1 heterocycles. The predicted molar refractivity (Wildman–Crippen MR) is 136 cm³/mol. The lowest BCUT2D eigenvalue weighted by Crippen LogP contribution is -2.57. The third kappa shape index (κ3) is 14.1. The second-order valence-electron chi connectivity index (χ2n) is 10.4. The zero-order chi connectivity index (χ0) is 24.3. The average molecular weight is 473 g/mol. The van der Waals surface area contributed by atoms with Gasteiger partial charge < -0.3 is 24.8 Å². The Morgan fingerprint density at radius 1 is 0.606 bits per heavy atom. The fraction of sp³-hybridized carbons (Fsp3) is 1.00. The lowest BCUT2D eigenvalue weighted by atomic mass is 9.94. The van der Waals surface area contributed by atoms with Crippen molar-refractivity contribution in [2.24, 2.45) is 5.92 Å². The summed E-state index contributed by atoms with van der Waals surface area (Å²) in [6.07, 6.45) is 18.5. The first-order chi connectivity index (χ1) is 16.0. The van der Waals surface area contributed by atoms with Crippen LogP contribution in [0, 0.1) is 5.92 Å². The second kappa shape index (κ2) is 20.0. The van der Waals surface area contributed by atoms with Crippen molar-refractivity contribution in [3.05, 3.63) is 0 Å². The number of ether oxygens (including phenoxy) is 2. The van der Waals surface area contributed by atoms with Gasteiger partial charge in [-0.1, -0.05) is 117 Å². The van der Waals surface area contributed by atoms with Crippen molar-refractivity contribution < 1.29 is 24.8 Å². The largest absolute Gasteiger partial charge is 0.388 e. The van der Waals surface area contributed by atoms with E-state index in [1.807, 2.05) is 0 Å². The Morgan fingerprint density at radius 2 is 1.03 bits per heavy atom. The predicted octanol–water partition coefficient (Wildman–Crippen LogP) is 6.51. The molecule has 0 bridgehead atoms. The van der Waals surface area contributed by atoms with E-state index in [9.17, 15) is 15.3 Å². The molecule has 5 heteroatoms. The van der Waals surface area contributed by atoms with Crippen molar-refractivity contribution in [3.8, 4) is 0 Å². The molecule has 0 aromatic heterocycles. The van der Waals surface area contributed by atoms with Gasteiger partial charge in [-0.3, -0.25) is 0 Å². The third-order valence-electron chi connectivity index (χ3n) is 7.24. The first-order valence-corrected chi connectivity index (χ1v) is 14.3. The number of unbranched alkanes of at least 4 members (excludes halogenated alkanes) is 14. The third-order valence-corrected chi connectivity index (χ3v) is 7.24. The highest BCUT2D eigenvalue weighted by molar-refractivity contribution is 4.87. The normalized spacial score (nSPS) is 26.5. The molecule has 0 amide bonds. The van der Waals surface area contributed by atoms with Crippen LogP contribution < -0.4 is 0 Å². The van der Waals surface area contributed by atoms with Gasteiger partial charge in [0.25, 0.3) is 0 Å². The van der Waals surface area contributed by atoms with Gasteiger partial charge in [-0.2, -0.15) is 0 Å². The average Bonchev–Trinajstić information content (AvgIpc) is 2.81. The van der Waals surface area contributed by atoms with E-state index in [0.29, 0.717) is 12.5 Å². The van der Waals surface area contributed by atoms with Crippen LogP contribution in [0.1, 0.15) is 136 Å². The second-order valence-corrected chi connectivity index (χ2v) is 10.4. The van der Waals surface area contributed by atoms with Crippen molar-refractivity contribution in [2.75, 3.05) is 6.61 Å². The number of aliphatic hydroxyl groups excluding tert-OH is 3. The summed E-state index contributed by atoms with van der Waals surface area (Å²) in [7, 11) is 0. The van der Waals surface area contributed by atoms with E-state index < -0.39 is 30.7 Å². The van der Waals surface area contributed by atoms with Gasteiger partial charge in [0.2, 0.25) is 0 Å². The van der Waals surface area contributed by atoms with Gasteiger partial charge in [0.05, 0.1) is 12.7 Å². The summed E-state index contributed by atoms with van der Waals surface area (Å²) in [5.41, 5.74) is 0. The first-order valence-electron chi connectivity index (χ1n) is 14.3. The van der Waals surface area contributed by atoms with Crippen LogP contribution in [-0.4, -0.2) is 52.6 Å². The Bertz CT molecular complexity index is 433. The summed E-state index contributed by atoms with van der Waals surface area (Å²) in [6, 6.07) is 0. The zero-order valence-corrected chi connectivity index (χ0v) is 22.1. The standard InChI is InChI=1S/C28H56O5/c1-4-6-8-10-12-13-14-15-17-19-21-24(20-18-16-11-9-7-5-2)22-32-28-27(31)26(30)25(29)23(3)33-28/h23-31H,4-22H2,1-3H3/t23-,24?,25-,26+,27+,28+/m1/s1. The van der Waals surface area contributed by atoms with Crippen LogP contribution in [0.2, 0.25) is 0 Å². The summed E-state index contributed by atoms with van der Waals surface area (Å²) in [5, 5.41) is 30.2. The van der Waals surface area contributed by atoms with E-state index in [2.05, 4.69) is 13.8 Å². The molecule has 1 aliphatic rings. The Balaban J connectivity index is 2.30. The van der Waals surface area contributed by atoms with Crippen LogP contribution in [0.3, 0.4) is 0 Å². The maximum Gasteiger partial charge on any atom is 0.186 e. The highest BCUT2D eigenvalue weighted by atomic mass is 16.7. The van der Waals surface area contributed by atoms with Crippen LogP contribution in [0.25, 0.3) is 0 Å². The minimum Gasteiger partial charge on any atom is -0.388 e. The molecular formula is C28H56O5. The molecule has 0 spiro atoms. The lowest BCUT2D eigenvalue weighted by Gasteiger charge is -2.39. The van der Waals surface area contributed by atoms with Crippen LogP contribution in [0.4, 0.5) is 0 Å². The lowest BCUT2D eigenvalue weighted by molar-refractivity contribution is -0.295. The van der Waals surface area contributed by atoms with Crippen molar-refractivity contribution in [2.45, 2.75) is 167 Å². The Kier molecular flexibility index (Phi) is 18.7. The van der Waals surface area contributed by atoms with Gasteiger partial charge in [0.1, 0.15) is 18.3 Å². The van der Waals surface area contributed by atoms with Crippen LogP contribution in [0.15, 0.2) is 0 Å². The number of hydrogen-bond donors (Lipinski definition) is 3. The smallest absolute Gasteiger partial charge is 0.186 e. The summed E-state index contributed by atoms with van der Waals surface area (Å²) in [4.78, 5) is 0. The molecule has 1 fully saturated rings. The topological polar surface area (TPSA) is 79.2 Å². The van der Waals surface area contributed by atoms with Gasteiger partial charge in [-0.25, -0.2) is 0 Å². The fourth-order valence-corrected chi connectivity index (χ4v) is 4.83. The quantitative estimate of drug-likeness (QED) is 0.166. The van der Waals surface area contributed by atoms with Gasteiger partial charge in [-0.05, 0) is 25.7 Å². The van der Waals surface area contributed by atoms with E-state index in [-0.39, 0.29) is 0 Å². The molecule has 0 aromatic carbocycles. The minimum absolute atomic E-state index is 0.459. The Labute approximate surface area is 204 Å². The van der Waals surface area contributed by atoms with E-state index >= 15 is 0 Å².